The Hall–Kier alpha value is -1.23. The molecule has 0 radical (unpaired) electrons. The Morgan fingerprint density at radius 1 is 1.29 bits per heavy atom. The molecule has 0 aliphatic carbocycles. The van der Waals surface area contributed by atoms with Crippen molar-refractivity contribution in [2.24, 2.45) is 0 Å². The average molecular weight is 303 g/mol. The van der Waals surface area contributed by atoms with Crippen LogP contribution in [-0.2, 0) is 9.53 Å². The van der Waals surface area contributed by atoms with Crippen molar-refractivity contribution in [2.75, 3.05) is 0 Å². The highest BCUT2D eigenvalue weighted by atomic mass is 79.9. The summed E-state index contributed by atoms with van der Waals surface area (Å²) in [6.07, 6.45) is -2.73. The maximum absolute atomic E-state index is 13.6. The molecule has 0 fully saturated rings. The summed E-state index contributed by atoms with van der Waals surface area (Å²) in [6.45, 7) is 3.18. The first-order chi connectivity index (χ1) is 7.93. The van der Waals surface area contributed by atoms with E-state index < -0.39 is 24.0 Å². The summed E-state index contributed by atoms with van der Waals surface area (Å²) in [7, 11) is 0. The lowest BCUT2D eigenvalue weighted by Crippen LogP contribution is -2.30. The van der Waals surface area contributed by atoms with E-state index >= 15 is 0 Å². The smallest absolute Gasteiger partial charge is 0.349 e. The van der Waals surface area contributed by atoms with E-state index in [1.807, 2.05) is 0 Å². The van der Waals surface area contributed by atoms with E-state index in [1.165, 1.54) is 6.07 Å². The molecule has 0 spiro atoms. The molecule has 1 unspecified atom stereocenters. The Morgan fingerprint density at radius 3 is 2.41 bits per heavy atom. The van der Waals surface area contributed by atoms with Gasteiger partial charge in [0.25, 0.3) is 6.17 Å². The number of halogens is 2. The van der Waals surface area contributed by atoms with Gasteiger partial charge in [-0.25, -0.2) is 9.18 Å². The number of alkyl halides is 1. The van der Waals surface area contributed by atoms with Gasteiger partial charge in [-0.2, -0.15) is 0 Å². The lowest BCUT2D eigenvalue weighted by molar-refractivity contribution is -0.151. The molecular weight excluding hydrogens is 291 g/mol. The first kappa shape index (κ1) is 13.8. The second-order valence-electron chi connectivity index (χ2n) is 3.69. The molecule has 0 saturated carbocycles. The Morgan fingerprint density at radius 2 is 1.88 bits per heavy atom. The van der Waals surface area contributed by atoms with Gasteiger partial charge in [-0.1, -0.05) is 34.1 Å². The summed E-state index contributed by atoms with van der Waals surface area (Å²) in [6, 6.07) is 6.34. The molecule has 17 heavy (non-hydrogen) atoms. The highest BCUT2D eigenvalue weighted by molar-refractivity contribution is 9.10. The van der Waals surface area contributed by atoms with Gasteiger partial charge in [-0.05, 0) is 19.9 Å². The summed E-state index contributed by atoms with van der Waals surface area (Å²) < 4.78 is 18.7. The van der Waals surface area contributed by atoms with Crippen LogP contribution in [0, 0.1) is 0 Å². The van der Waals surface area contributed by atoms with Gasteiger partial charge in [-0.15, -0.1) is 0 Å². The van der Waals surface area contributed by atoms with Crippen molar-refractivity contribution in [3.63, 3.8) is 0 Å². The second kappa shape index (κ2) is 5.91. The van der Waals surface area contributed by atoms with E-state index in [0.717, 1.165) is 0 Å². The van der Waals surface area contributed by atoms with Crippen molar-refractivity contribution in [3.8, 4) is 0 Å². The van der Waals surface area contributed by atoms with Crippen molar-refractivity contribution < 1.29 is 18.7 Å². The van der Waals surface area contributed by atoms with Crippen LogP contribution in [0.1, 0.15) is 24.2 Å². The molecule has 0 saturated heterocycles. The van der Waals surface area contributed by atoms with E-state index in [4.69, 9.17) is 0 Å². The summed E-state index contributed by atoms with van der Waals surface area (Å²) in [5.74, 6) is -2.05. The number of carbonyl (C=O) groups excluding carboxylic acids is 2. The number of hydrogen-bond acceptors (Lipinski definition) is 3. The molecular formula is C12H12BrFO3. The van der Waals surface area contributed by atoms with E-state index in [0.29, 0.717) is 4.47 Å². The third-order valence-corrected chi connectivity index (χ3v) is 2.62. The van der Waals surface area contributed by atoms with Crippen LogP contribution in [0.4, 0.5) is 4.39 Å². The minimum atomic E-state index is -2.28. The van der Waals surface area contributed by atoms with Crippen molar-refractivity contribution in [3.05, 3.63) is 34.3 Å². The molecule has 1 rings (SSSR count). The van der Waals surface area contributed by atoms with Crippen LogP contribution in [0.15, 0.2) is 28.7 Å². The largest absolute Gasteiger partial charge is 0.460 e. The number of ketones is 1. The Balaban J connectivity index is 2.84. The number of Topliss-reactive ketones (excluding diaryl/α,β-unsaturated/α-hetero) is 1. The van der Waals surface area contributed by atoms with Crippen LogP contribution in [-0.4, -0.2) is 24.0 Å². The monoisotopic (exact) mass is 302 g/mol. The number of esters is 1. The number of carbonyl (C=O) groups is 2. The van der Waals surface area contributed by atoms with Gasteiger partial charge >= 0.3 is 5.97 Å². The Labute approximate surface area is 107 Å². The quantitative estimate of drug-likeness (QED) is 0.488. The van der Waals surface area contributed by atoms with Gasteiger partial charge in [0, 0.05) is 10.0 Å². The SMILES string of the molecule is CC(C)OC(=O)C(F)C(=O)c1ccccc1Br. The molecule has 0 aliphatic rings. The lowest BCUT2D eigenvalue weighted by atomic mass is 10.1. The average Bonchev–Trinajstić information content (AvgIpc) is 2.27. The molecule has 1 atom stereocenters. The van der Waals surface area contributed by atoms with Crippen molar-refractivity contribution >= 4 is 27.7 Å². The zero-order chi connectivity index (χ0) is 13.0. The molecule has 1 aromatic carbocycles. The first-order valence-electron chi connectivity index (χ1n) is 5.06. The zero-order valence-electron chi connectivity index (χ0n) is 9.44. The molecule has 0 amide bonds. The molecule has 0 aromatic heterocycles. The van der Waals surface area contributed by atoms with Crippen molar-refractivity contribution in [1.29, 1.82) is 0 Å². The summed E-state index contributed by atoms with van der Waals surface area (Å²) >= 11 is 3.13. The van der Waals surface area contributed by atoms with Crippen LogP contribution < -0.4 is 0 Å². The van der Waals surface area contributed by atoms with E-state index in [-0.39, 0.29) is 5.56 Å². The molecule has 0 bridgehead atoms. The number of ether oxygens (including phenoxy) is 1. The van der Waals surface area contributed by atoms with Crippen molar-refractivity contribution in [1.82, 2.24) is 0 Å². The first-order valence-corrected chi connectivity index (χ1v) is 5.86. The molecule has 1 aromatic rings. The van der Waals surface area contributed by atoms with E-state index in [9.17, 15) is 14.0 Å². The summed E-state index contributed by atoms with van der Waals surface area (Å²) in [5.41, 5.74) is 0.126. The second-order valence-corrected chi connectivity index (χ2v) is 4.55. The third-order valence-electron chi connectivity index (χ3n) is 1.93. The van der Waals surface area contributed by atoms with E-state index in [1.54, 1.807) is 32.0 Å². The maximum Gasteiger partial charge on any atom is 0.349 e. The topological polar surface area (TPSA) is 43.4 Å². The Kier molecular flexibility index (Phi) is 4.81. The molecule has 5 heteroatoms. The highest BCUT2D eigenvalue weighted by Crippen LogP contribution is 2.19. The molecule has 92 valence electrons. The van der Waals surface area contributed by atoms with E-state index in [2.05, 4.69) is 20.7 Å². The normalized spacial score (nSPS) is 12.3. The van der Waals surface area contributed by atoms with Crippen LogP contribution in [0.25, 0.3) is 0 Å². The fourth-order valence-electron chi connectivity index (χ4n) is 1.20. The zero-order valence-corrected chi connectivity index (χ0v) is 11.0. The van der Waals surface area contributed by atoms with Gasteiger partial charge in [0.1, 0.15) is 0 Å². The van der Waals surface area contributed by atoms with Gasteiger partial charge in [0.2, 0.25) is 5.78 Å². The highest BCUT2D eigenvalue weighted by Gasteiger charge is 2.30. The minimum Gasteiger partial charge on any atom is -0.460 e. The van der Waals surface area contributed by atoms with Crippen LogP contribution >= 0.6 is 15.9 Å². The summed E-state index contributed by atoms with van der Waals surface area (Å²) in [4.78, 5) is 22.9. The lowest BCUT2D eigenvalue weighted by Gasteiger charge is -2.11. The molecule has 0 N–H and O–H groups in total. The standard InChI is InChI=1S/C12H12BrFO3/c1-7(2)17-12(16)10(14)11(15)8-5-3-4-6-9(8)13/h3-7,10H,1-2H3. The van der Waals surface area contributed by atoms with Crippen LogP contribution in [0.3, 0.4) is 0 Å². The van der Waals surface area contributed by atoms with Gasteiger partial charge in [0.15, 0.2) is 0 Å². The van der Waals surface area contributed by atoms with Crippen LogP contribution in [0.2, 0.25) is 0 Å². The predicted molar refractivity (Wildman–Crippen MR) is 64.6 cm³/mol. The minimum absolute atomic E-state index is 0.126. The van der Waals surface area contributed by atoms with Crippen LogP contribution in [0.5, 0.6) is 0 Å². The number of hydrogen-bond donors (Lipinski definition) is 0. The van der Waals surface area contributed by atoms with Crippen molar-refractivity contribution in [2.45, 2.75) is 26.1 Å². The third kappa shape index (κ3) is 3.63. The summed E-state index contributed by atoms with van der Waals surface area (Å²) in [5, 5.41) is 0. The number of benzene rings is 1. The molecule has 3 nitrogen and oxygen atoms in total. The Bertz CT molecular complexity index is 432. The maximum atomic E-state index is 13.6. The fraction of sp³-hybridized carbons (Fsp3) is 0.333. The van der Waals surface area contributed by atoms with Gasteiger partial charge < -0.3 is 4.74 Å². The van der Waals surface area contributed by atoms with Gasteiger partial charge in [0.05, 0.1) is 6.10 Å². The van der Waals surface area contributed by atoms with Gasteiger partial charge in [-0.3, -0.25) is 4.79 Å². The predicted octanol–water partition coefficient (Wildman–Crippen LogP) is 2.92. The number of rotatable bonds is 4. The fourth-order valence-corrected chi connectivity index (χ4v) is 1.68. The molecule has 0 heterocycles. The molecule has 0 aliphatic heterocycles.